The number of benzene rings is 3. The van der Waals surface area contributed by atoms with Crippen molar-refractivity contribution in [3.8, 4) is 11.1 Å². The Morgan fingerprint density at radius 3 is 2.07 bits per heavy atom. The minimum atomic E-state index is -5.08. The van der Waals surface area contributed by atoms with Gasteiger partial charge in [0.2, 0.25) is 5.91 Å². The number of rotatable bonds is 15. The zero-order valence-corrected chi connectivity index (χ0v) is 32.8. The van der Waals surface area contributed by atoms with Crippen LogP contribution >= 0.6 is 11.3 Å². The van der Waals surface area contributed by atoms with Crippen molar-refractivity contribution in [3.63, 3.8) is 0 Å². The Morgan fingerprint density at radius 1 is 0.768 bits per heavy atom. The molecule has 3 heterocycles. The molecular formula is C45H54F3N3O4S. The van der Waals surface area contributed by atoms with Crippen LogP contribution in [0.2, 0.25) is 0 Å². The van der Waals surface area contributed by atoms with E-state index in [-0.39, 0.29) is 11.8 Å². The summed E-state index contributed by atoms with van der Waals surface area (Å²) in [5, 5.41) is 12.7. The molecule has 2 saturated heterocycles. The van der Waals surface area contributed by atoms with Crippen molar-refractivity contribution in [2.45, 2.75) is 83.4 Å². The van der Waals surface area contributed by atoms with Crippen LogP contribution in [0.3, 0.4) is 0 Å². The first-order chi connectivity index (χ1) is 27.0. The van der Waals surface area contributed by atoms with E-state index < -0.39 is 12.1 Å². The number of aliphatic carboxylic acids is 1. The number of alkyl halides is 3. The lowest BCUT2D eigenvalue weighted by molar-refractivity contribution is -0.192. The molecule has 0 spiro atoms. The average Bonchev–Trinajstić information content (AvgIpc) is 3.74. The van der Waals surface area contributed by atoms with Crippen LogP contribution < -0.4 is 5.32 Å². The van der Waals surface area contributed by atoms with E-state index in [1.54, 1.807) is 11.3 Å². The molecule has 0 aliphatic carbocycles. The van der Waals surface area contributed by atoms with Gasteiger partial charge in [-0.05, 0) is 122 Å². The van der Waals surface area contributed by atoms with Crippen LogP contribution in [0.1, 0.15) is 84.1 Å². The molecule has 0 unspecified atom stereocenters. The molecule has 3 aromatic carbocycles. The quantitative estimate of drug-likeness (QED) is 0.125. The molecule has 2 fully saturated rings. The highest BCUT2D eigenvalue weighted by Gasteiger charge is 2.38. The third-order valence-electron chi connectivity index (χ3n) is 10.8. The molecule has 0 radical (unpaired) electrons. The van der Waals surface area contributed by atoms with Crippen LogP contribution in [0.25, 0.3) is 11.1 Å². The van der Waals surface area contributed by atoms with Crippen molar-refractivity contribution in [1.29, 1.82) is 0 Å². The number of halogens is 3. The van der Waals surface area contributed by atoms with E-state index in [2.05, 4.69) is 88.4 Å². The first-order valence-electron chi connectivity index (χ1n) is 19.9. The second-order valence-corrected chi connectivity index (χ2v) is 16.0. The molecule has 2 aliphatic heterocycles. The number of carbonyl (C=O) groups is 3. The van der Waals surface area contributed by atoms with Gasteiger partial charge in [0.25, 0.3) is 5.91 Å². The predicted octanol–water partition coefficient (Wildman–Crippen LogP) is 9.66. The smallest absolute Gasteiger partial charge is 0.475 e. The fraction of sp³-hybridized carbons (Fsp3) is 0.444. The Kier molecular flexibility index (Phi) is 16.5. The van der Waals surface area contributed by atoms with Crippen molar-refractivity contribution < 1.29 is 32.7 Å². The van der Waals surface area contributed by atoms with Gasteiger partial charge >= 0.3 is 12.1 Å². The molecular weight excluding hydrogens is 736 g/mol. The van der Waals surface area contributed by atoms with E-state index in [1.807, 2.05) is 23.1 Å². The molecule has 2 amide bonds. The number of nitrogens with zero attached hydrogens (tertiary/aromatic N) is 2. The number of aryl methyl sites for hydroxylation is 1. The first kappa shape index (κ1) is 42.7. The van der Waals surface area contributed by atoms with Gasteiger partial charge in [-0.3, -0.25) is 9.59 Å². The van der Waals surface area contributed by atoms with Gasteiger partial charge in [-0.1, -0.05) is 86.0 Å². The largest absolute Gasteiger partial charge is 0.490 e. The zero-order chi connectivity index (χ0) is 39.8. The highest BCUT2D eigenvalue weighted by molar-refractivity contribution is 7.09. The summed E-state index contributed by atoms with van der Waals surface area (Å²) in [6, 6.07) is 31.2. The van der Waals surface area contributed by atoms with Gasteiger partial charge < -0.3 is 20.2 Å². The topological polar surface area (TPSA) is 90.0 Å². The summed E-state index contributed by atoms with van der Waals surface area (Å²) in [5.74, 6) is -0.750. The lowest BCUT2D eigenvalue weighted by Crippen LogP contribution is -2.38. The molecule has 56 heavy (non-hydrogen) atoms. The molecule has 0 saturated carbocycles. The average molecular weight is 790 g/mol. The van der Waals surface area contributed by atoms with E-state index in [9.17, 15) is 22.8 Å². The summed E-state index contributed by atoms with van der Waals surface area (Å²) >= 11 is 1.75. The molecule has 11 heteroatoms. The van der Waals surface area contributed by atoms with E-state index in [0.717, 1.165) is 79.3 Å². The standard InChI is InChI=1S/C43H53N3O2S.C2HF3O2/c47-42(19-6-13-34-9-2-1-3-10-34)46(29-24-41-18-8-30-49-41)33-37-14-5-15-38(31-37)39-16-7-17-40(32-39)43(48)45-27-22-36(23-28-45)12-4-11-35-20-25-44-26-21-35;3-2(4,5)1(6)7/h1-3,5,7-10,14-18,30-32,35-36,44H,4,6,11-13,19-29,33H2;(H,6,7). The number of amides is 2. The van der Waals surface area contributed by atoms with Gasteiger partial charge in [0.15, 0.2) is 0 Å². The Bertz CT molecular complexity index is 1800. The van der Waals surface area contributed by atoms with Crippen LogP contribution in [0.4, 0.5) is 13.2 Å². The second-order valence-electron chi connectivity index (χ2n) is 14.9. The number of hydrogen-bond acceptors (Lipinski definition) is 5. The number of thiophene rings is 1. The highest BCUT2D eigenvalue weighted by Crippen LogP contribution is 2.28. The third kappa shape index (κ3) is 13.9. The summed E-state index contributed by atoms with van der Waals surface area (Å²) in [5.41, 5.74) is 5.27. The van der Waals surface area contributed by atoms with Crippen LogP contribution in [-0.4, -0.2) is 71.6 Å². The van der Waals surface area contributed by atoms with Crippen LogP contribution in [-0.2, 0) is 29.0 Å². The molecule has 0 bridgehead atoms. The Morgan fingerprint density at radius 2 is 1.41 bits per heavy atom. The number of piperidine rings is 2. The second kappa shape index (κ2) is 21.7. The monoisotopic (exact) mass is 789 g/mol. The number of hydrogen-bond donors (Lipinski definition) is 2. The molecule has 7 nitrogen and oxygen atoms in total. The molecule has 2 aliphatic rings. The van der Waals surface area contributed by atoms with Crippen molar-refractivity contribution in [3.05, 3.63) is 118 Å². The maximum Gasteiger partial charge on any atom is 0.490 e. The predicted molar refractivity (Wildman–Crippen MR) is 216 cm³/mol. The van der Waals surface area contributed by atoms with E-state index in [1.165, 1.54) is 55.6 Å². The van der Waals surface area contributed by atoms with Gasteiger partial charge in [0.1, 0.15) is 0 Å². The van der Waals surface area contributed by atoms with Gasteiger partial charge in [0.05, 0.1) is 0 Å². The number of carbonyl (C=O) groups excluding carboxylic acids is 2. The van der Waals surface area contributed by atoms with Crippen LogP contribution in [0, 0.1) is 11.8 Å². The van der Waals surface area contributed by atoms with Gasteiger partial charge in [0, 0.05) is 43.0 Å². The minimum absolute atomic E-state index is 0.145. The molecule has 4 aromatic rings. The Hall–Kier alpha value is -4.48. The van der Waals surface area contributed by atoms with Gasteiger partial charge in [-0.15, -0.1) is 11.3 Å². The Labute approximate surface area is 332 Å². The summed E-state index contributed by atoms with van der Waals surface area (Å²) in [4.78, 5) is 41.5. The first-order valence-corrected chi connectivity index (χ1v) is 20.8. The SMILES string of the molecule is O=C(CCCc1ccccc1)N(CCc1cccs1)Cc1cccc(-c2cccc(C(=O)N3CCC(CCCC4CCNCC4)CC3)c2)c1.O=C(O)C(F)(F)F. The Balaban J connectivity index is 0.000000784. The normalized spacial score (nSPS) is 15.2. The van der Waals surface area contributed by atoms with Crippen LogP contribution in [0.5, 0.6) is 0 Å². The summed E-state index contributed by atoms with van der Waals surface area (Å²) in [7, 11) is 0. The molecule has 300 valence electrons. The number of carboxylic acids is 1. The lowest BCUT2D eigenvalue weighted by Gasteiger charge is -2.32. The van der Waals surface area contributed by atoms with E-state index >= 15 is 0 Å². The lowest BCUT2D eigenvalue weighted by atomic mass is 9.87. The number of nitrogens with one attached hydrogen (secondary N) is 1. The molecule has 6 rings (SSSR count). The van der Waals surface area contributed by atoms with Crippen molar-refractivity contribution >= 4 is 29.1 Å². The number of likely N-dealkylation sites (tertiary alicyclic amines) is 1. The fourth-order valence-corrected chi connectivity index (χ4v) is 8.31. The van der Waals surface area contributed by atoms with Gasteiger partial charge in [-0.25, -0.2) is 4.79 Å². The van der Waals surface area contributed by atoms with Crippen molar-refractivity contribution in [2.24, 2.45) is 11.8 Å². The molecule has 1 aromatic heterocycles. The maximum absolute atomic E-state index is 13.6. The maximum atomic E-state index is 13.6. The van der Waals surface area contributed by atoms with Crippen molar-refractivity contribution in [1.82, 2.24) is 15.1 Å². The number of carboxylic acid groups (broad SMARTS) is 1. The minimum Gasteiger partial charge on any atom is -0.475 e. The van der Waals surface area contributed by atoms with Crippen LogP contribution in [0.15, 0.2) is 96.4 Å². The highest BCUT2D eigenvalue weighted by atomic mass is 32.1. The molecule has 0 atom stereocenters. The fourth-order valence-electron chi connectivity index (χ4n) is 7.61. The van der Waals surface area contributed by atoms with Crippen molar-refractivity contribution in [2.75, 3.05) is 32.7 Å². The third-order valence-corrected chi connectivity index (χ3v) is 11.8. The van der Waals surface area contributed by atoms with E-state index in [0.29, 0.717) is 19.5 Å². The summed E-state index contributed by atoms with van der Waals surface area (Å²) < 4.78 is 31.7. The van der Waals surface area contributed by atoms with E-state index in [4.69, 9.17) is 9.90 Å². The molecule has 2 N–H and O–H groups in total. The summed E-state index contributed by atoms with van der Waals surface area (Å²) in [6.45, 7) is 5.37. The van der Waals surface area contributed by atoms with Gasteiger partial charge in [-0.2, -0.15) is 13.2 Å². The zero-order valence-electron chi connectivity index (χ0n) is 32.0. The summed E-state index contributed by atoms with van der Waals surface area (Å²) in [6.07, 6.45) is 6.98.